The molecule has 0 radical (unpaired) electrons. The molecule has 1 N–H and O–H groups in total. The minimum absolute atomic E-state index is 0.607. The van der Waals surface area contributed by atoms with Gasteiger partial charge in [-0.25, -0.2) is 0 Å². The van der Waals surface area contributed by atoms with Crippen molar-refractivity contribution in [3.63, 3.8) is 0 Å². The van der Waals surface area contributed by atoms with Crippen LogP contribution in [0.2, 0.25) is 0 Å². The van der Waals surface area contributed by atoms with Gasteiger partial charge in [0.05, 0.1) is 0 Å². The van der Waals surface area contributed by atoms with Crippen LogP contribution in [0.3, 0.4) is 0 Å². The molecule has 0 amide bonds. The molecule has 1 atom stereocenters. The van der Waals surface area contributed by atoms with Crippen LogP contribution < -0.4 is 0 Å². The smallest absolute Gasteiger partial charge is 0.0456 e. The summed E-state index contributed by atoms with van der Waals surface area (Å²) < 4.78 is 0. The maximum Gasteiger partial charge on any atom is 0.0456 e. The highest BCUT2D eigenvalue weighted by molar-refractivity contribution is 5.84. The Morgan fingerprint density at radius 2 is 1.33 bits per heavy atom. The van der Waals surface area contributed by atoms with E-state index in [2.05, 4.69) is 92.5 Å². The number of rotatable bonds is 6. The molecular weight excluding hydrogens is 326 g/mol. The van der Waals surface area contributed by atoms with Gasteiger partial charge in [0.1, 0.15) is 0 Å². The number of benzene rings is 3. The fourth-order valence-electron chi connectivity index (χ4n) is 4.16. The molecule has 27 heavy (non-hydrogen) atoms. The van der Waals surface area contributed by atoms with Crippen LogP contribution in [0.15, 0.2) is 66.7 Å². The lowest BCUT2D eigenvalue weighted by molar-refractivity contribution is 0.571. The normalized spacial score (nSPS) is 12.9. The number of aromatic nitrogens is 1. The Balaban J connectivity index is 1.47. The average Bonchev–Trinajstić information content (AvgIpc) is 3.03. The fourth-order valence-corrected chi connectivity index (χ4v) is 4.16. The van der Waals surface area contributed by atoms with Gasteiger partial charge in [-0.3, -0.25) is 0 Å². The first-order chi connectivity index (χ1) is 13.1. The SMILES string of the molecule is CC(C)Cc1ccc2cc(CC(C)Cc3cc4ccccc4[nH]3)ccc2c1. The van der Waals surface area contributed by atoms with Crippen LogP contribution in [0.1, 0.15) is 37.6 Å². The zero-order valence-corrected chi connectivity index (χ0v) is 16.6. The van der Waals surface area contributed by atoms with Crippen LogP contribution in [-0.2, 0) is 19.3 Å². The molecule has 4 aromatic rings. The highest BCUT2D eigenvalue weighted by Gasteiger charge is 2.09. The van der Waals surface area contributed by atoms with E-state index in [0.717, 1.165) is 19.3 Å². The number of para-hydroxylation sites is 1. The molecule has 0 fully saturated rings. The lowest BCUT2D eigenvalue weighted by Gasteiger charge is -2.12. The maximum atomic E-state index is 3.56. The van der Waals surface area contributed by atoms with E-state index in [0.29, 0.717) is 11.8 Å². The molecule has 0 spiro atoms. The zero-order chi connectivity index (χ0) is 18.8. The minimum atomic E-state index is 0.607. The summed E-state index contributed by atoms with van der Waals surface area (Å²) in [6.45, 7) is 6.91. The molecule has 0 aliphatic heterocycles. The monoisotopic (exact) mass is 355 g/mol. The third kappa shape index (κ3) is 4.24. The van der Waals surface area contributed by atoms with Gasteiger partial charge >= 0.3 is 0 Å². The van der Waals surface area contributed by atoms with Crippen LogP contribution in [0.5, 0.6) is 0 Å². The molecule has 1 nitrogen and oxygen atoms in total. The number of aromatic amines is 1. The molecule has 0 aliphatic carbocycles. The van der Waals surface area contributed by atoms with E-state index in [1.54, 1.807) is 0 Å². The Bertz CT molecular complexity index is 1020. The molecule has 1 unspecified atom stereocenters. The number of fused-ring (bicyclic) bond motifs is 2. The van der Waals surface area contributed by atoms with Crippen molar-refractivity contribution >= 4 is 21.7 Å². The topological polar surface area (TPSA) is 15.8 Å². The quantitative estimate of drug-likeness (QED) is 0.385. The average molecular weight is 356 g/mol. The van der Waals surface area contributed by atoms with E-state index in [1.807, 2.05) is 0 Å². The summed E-state index contributed by atoms with van der Waals surface area (Å²) in [5.74, 6) is 1.31. The van der Waals surface area contributed by atoms with Crippen molar-refractivity contribution < 1.29 is 0 Å². The number of hydrogen-bond donors (Lipinski definition) is 1. The zero-order valence-electron chi connectivity index (χ0n) is 16.6. The number of H-pyrrole nitrogens is 1. The maximum absolute atomic E-state index is 3.56. The van der Waals surface area contributed by atoms with Crippen molar-refractivity contribution in [3.8, 4) is 0 Å². The molecule has 0 bridgehead atoms. The Labute approximate surface area is 162 Å². The Morgan fingerprint density at radius 3 is 2.00 bits per heavy atom. The lowest BCUT2D eigenvalue weighted by atomic mass is 9.94. The summed E-state index contributed by atoms with van der Waals surface area (Å²) in [6.07, 6.45) is 3.35. The standard InChI is InChI=1S/C26H29N/c1-18(2)12-20-8-10-23-16-21(9-11-22(23)15-20)13-19(3)14-25-17-24-6-4-5-7-26(24)27-25/h4-11,15-19,27H,12-14H2,1-3H3. The summed E-state index contributed by atoms with van der Waals surface area (Å²) in [4.78, 5) is 3.56. The second kappa shape index (κ2) is 7.60. The predicted octanol–water partition coefficient (Wildman–Crippen LogP) is 6.94. The summed E-state index contributed by atoms with van der Waals surface area (Å²) in [7, 11) is 0. The van der Waals surface area contributed by atoms with Crippen LogP contribution in [0.25, 0.3) is 21.7 Å². The van der Waals surface area contributed by atoms with E-state index < -0.39 is 0 Å². The minimum Gasteiger partial charge on any atom is -0.358 e. The highest BCUT2D eigenvalue weighted by atomic mass is 14.7. The molecule has 0 saturated carbocycles. The first-order valence-corrected chi connectivity index (χ1v) is 10.1. The largest absolute Gasteiger partial charge is 0.358 e. The number of nitrogens with one attached hydrogen (secondary N) is 1. The number of hydrogen-bond acceptors (Lipinski definition) is 0. The van der Waals surface area contributed by atoms with E-state index in [9.17, 15) is 0 Å². The van der Waals surface area contributed by atoms with Gasteiger partial charge in [-0.05, 0) is 70.5 Å². The van der Waals surface area contributed by atoms with E-state index in [4.69, 9.17) is 0 Å². The van der Waals surface area contributed by atoms with Crippen LogP contribution >= 0.6 is 0 Å². The molecule has 138 valence electrons. The predicted molar refractivity (Wildman–Crippen MR) is 117 cm³/mol. The first-order valence-electron chi connectivity index (χ1n) is 10.1. The fraction of sp³-hybridized carbons (Fsp3) is 0.308. The van der Waals surface area contributed by atoms with Crippen molar-refractivity contribution in [2.24, 2.45) is 11.8 Å². The highest BCUT2D eigenvalue weighted by Crippen LogP contribution is 2.23. The van der Waals surface area contributed by atoms with Crippen LogP contribution in [-0.4, -0.2) is 4.98 Å². The van der Waals surface area contributed by atoms with Gasteiger partial charge < -0.3 is 4.98 Å². The second-order valence-electron chi connectivity index (χ2n) is 8.51. The molecular formula is C26H29N. The van der Waals surface area contributed by atoms with E-state index >= 15 is 0 Å². The van der Waals surface area contributed by atoms with Crippen molar-refractivity contribution in [1.82, 2.24) is 4.98 Å². The summed E-state index contributed by atoms with van der Waals surface area (Å²) >= 11 is 0. The third-order valence-corrected chi connectivity index (χ3v) is 5.35. The van der Waals surface area contributed by atoms with Crippen molar-refractivity contribution in [3.05, 3.63) is 83.6 Å². The molecule has 1 heteroatoms. The summed E-state index contributed by atoms with van der Waals surface area (Å²) in [5.41, 5.74) is 5.45. The van der Waals surface area contributed by atoms with Gasteiger partial charge in [0.25, 0.3) is 0 Å². The van der Waals surface area contributed by atoms with E-state index in [1.165, 1.54) is 38.5 Å². The van der Waals surface area contributed by atoms with Gasteiger partial charge in [0.15, 0.2) is 0 Å². The van der Waals surface area contributed by atoms with Crippen LogP contribution in [0.4, 0.5) is 0 Å². The summed E-state index contributed by atoms with van der Waals surface area (Å²) in [6, 6.07) is 24.7. The van der Waals surface area contributed by atoms with Gasteiger partial charge in [0.2, 0.25) is 0 Å². The van der Waals surface area contributed by atoms with Gasteiger partial charge in [-0.1, -0.05) is 75.4 Å². The second-order valence-corrected chi connectivity index (χ2v) is 8.51. The molecule has 3 aromatic carbocycles. The van der Waals surface area contributed by atoms with E-state index in [-0.39, 0.29) is 0 Å². The summed E-state index contributed by atoms with van der Waals surface area (Å²) in [5, 5.41) is 4.03. The third-order valence-electron chi connectivity index (χ3n) is 5.35. The molecule has 1 heterocycles. The van der Waals surface area contributed by atoms with Crippen molar-refractivity contribution in [2.75, 3.05) is 0 Å². The molecule has 4 rings (SSSR count). The van der Waals surface area contributed by atoms with Crippen molar-refractivity contribution in [1.29, 1.82) is 0 Å². The lowest BCUT2D eigenvalue weighted by Crippen LogP contribution is -2.04. The Hall–Kier alpha value is -2.54. The van der Waals surface area contributed by atoms with Crippen molar-refractivity contribution in [2.45, 2.75) is 40.0 Å². The Morgan fingerprint density at radius 1 is 0.667 bits per heavy atom. The van der Waals surface area contributed by atoms with Gasteiger partial charge in [-0.2, -0.15) is 0 Å². The molecule has 0 aliphatic rings. The first kappa shape index (κ1) is 17.9. The molecule has 1 aromatic heterocycles. The van der Waals surface area contributed by atoms with Crippen LogP contribution in [0, 0.1) is 11.8 Å². The molecule has 0 saturated heterocycles. The van der Waals surface area contributed by atoms with Gasteiger partial charge in [-0.15, -0.1) is 0 Å². The Kier molecular flexibility index (Phi) is 5.03. The van der Waals surface area contributed by atoms with Gasteiger partial charge in [0, 0.05) is 11.2 Å².